The first kappa shape index (κ1) is 25.5. The van der Waals surface area contributed by atoms with Crippen LogP contribution in [0.15, 0.2) is 41.3 Å². The van der Waals surface area contributed by atoms with Gasteiger partial charge in [0.1, 0.15) is 10.6 Å². The van der Waals surface area contributed by atoms with E-state index in [4.69, 9.17) is 16.3 Å². The van der Waals surface area contributed by atoms with E-state index in [0.717, 1.165) is 12.8 Å². The molecule has 1 heterocycles. The normalized spacial score (nSPS) is 13.9. The highest BCUT2D eigenvalue weighted by molar-refractivity contribution is 7.89. The molecule has 2 aromatic carbocycles. The van der Waals surface area contributed by atoms with Crippen LogP contribution in [0.25, 0.3) is 0 Å². The van der Waals surface area contributed by atoms with E-state index in [9.17, 15) is 22.8 Å². The van der Waals surface area contributed by atoms with Gasteiger partial charge in [-0.3, -0.25) is 4.79 Å². The van der Waals surface area contributed by atoms with E-state index in [1.54, 1.807) is 0 Å². The van der Waals surface area contributed by atoms with Crippen LogP contribution >= 0.6 is 11.6 Å². The van der Waals surface area contributed by atoms with Crippen molar-refractivity contribution >= 4 is 45.2 Å². The van der Waals surface area contributed by atoms with E-state index in [1.807, 2.05) is 0 Å². The van der Waals surface area contributed by atoms with Crippen LogP contribution in [0, 0.1) is 0 Å². The van der Waals surface area contributed by atoms with Crippen LogP contribution in [-0.4, -0.2) is 64.5 Å². The molecule has 0 spiro atoms. The molecule has 1 aliphatic heterocycles. The van der Waals surface area contributed by atoms with Crippen LogP contribution in [0.4, 0.5) is 5.69 Å². The van der Waals surface area contributed by atoms with Gasteiger partial charge in [0, 0.05) is 23.8 Å². The zero-order chi connectivity index (χ0) is 24.9. The zero-order valence-electron chi connectivity index (χ0n) is 18.5. The number of ether oxygens (including phenoxy) is 3. The number of hydrogen-bond acceptors (Lipinski definition) is 8. The van der Waals surface area contributed by atoms with E-state index in [0.29, 0.717) is 13.1 Å². The molecule has 0 radical (unpaired) electrons. The van der Waals surface area contributed by atoms with E-state index < -0.39 is 34.5 Å². The average molecular weight is 511 g/mol. The standard InChI is InChI=1S/C22H23ClN2O8S/c1-31-21(27)14-9-15(22(28)32-2)11-17(10-14)24-20(26)13-33-18-6-5-16(23)12-19(18)34(29,30)25-7-3-4-8-25/h5-6,9-12H,3-4,7-8,13H2,1-2H3,(H,24,26). The molecular weight excluding hydrogens is 488 g/mol. The van der Waals surface area contributed by atoms with Crippen molar-refractivity contribution in [2.45, 2.75) is 17.7 Å². The lowest BCUT2D eigenvalue weighted by atomic mass is 10.1. The van der Waals surface area contributed by atoms with E-state index in [-0.39, 0.29) is 32.5 Å². The van der Waals surface area contributed by atoms with Gasteiger partial charge in [-0.1, -0.05) is 11.6 Å². The number of carbonyl (C=O) groups excluding carboxylic acids is 3. The van der Waals surface area contributed by atoms with E-state index >= 15 is 0 Å². The molecular formula is C22H23ClN2O8S. The summed E-state index contributed by atoms with van der Waals surface area (Å²) in [6.45, 7) is 0.252. The summed E-state index contributed by atoms with van der Waals surface area (Å²) >= 11 is 6.01. The third kappa shape index (κ3) is 5.85. The number of carbonyl (C=O) groups is 3. The minimum Gasteiger partial charge on any atom is -0.482 e. The second-order valence-corrected chi connectivity index (χ2v) is 9.66. The second-order valence-electron chi connectivity index (χ2n) is 7.32. The largest absolute Gasteiger partial charge is 0.482 e. The van der Waals surface area contributed by atoms with Gasteiger partial charge < -0.3 is 19.5 Å². The summed E-state index contributed by atoms with van der Waals surface area (Å²) in [5, 5.41) is 2.72. The Balaban J connectivity index is 1.78. The minimum atomic E-state index is -3.85. The van der Waals surface area contributed by atoms with E-state index in [1.165, 1.54) is 54.9 Å². The van der Waals surface area contributed by atoms with Crippen LogP contribution in [0.3, 0.4) is 0 Å². The molecule has 1 N–H and O–H groups in total. The molecule has 2 aromatic rings. The van der Waals surface area contributed by atoms with Crippen molar-refractivity contribution in [1.82, 2.24) is 4.31 Å². The average Bonchev–Trinajstić information content (AvgIpc) is 3.38. The number of methoxy groups -OCH3 is 2. The number of nitrogens with zero attached hydrogens (tertiary/aromatic N) is 1. The summed E-state index contributed by atoms with van der Waals surface area (Å²) in [6.07, 6.45) is 1.52. The Bertz CT molecular complexity index is 1180. The van der Waals surface area contributed by atoms with Crippen molar-refractivity contribution < 1.29 is 37.0 Å². The molecule has 0 atom stereocenters. The Labute approximate surface area is 201 Å². The Morgan fingerprint density at radius 3 is 2.12 bits per heavy atom. The molecule has 1 fully saturated rings. The first-order valence-electron chi connectivity index (χ1n) is 10.2. The van der Waals surface area contributed by atoms with Crippen molar-refractivity contribution in [1.29, 1.82) is 0 Å². The third-order valence-electron chi connectivity index (χ3n) is 5.01. The molecule has 10 nitrogen and oxygen atoms in total. The molecule has 0 bridgehead atoms. The maximum atomic E-state index is 13.0. The summed E-state index contributed by atoms with van der Waals surface area (Å²) in [5.74, 6) is -2.10. The summed E-state index contributed by atoms with van der Waals surface area (Å²) in [7, 11) is -1.49. The molecule has 1 saturated heterocycles. The Morgan fingerprint density at radius 1 is 0.971 bits per heavy atom. The highest BCUT2D eigenvalue weighted by Gasteiger charge is 2.30. The fourth-order valence-corrected chi connectivity index (χ4v) is 5.29. The Morgan fingerprint density at radius 2 is 1.56 bits per heavy atom. The molecule has 0 saturated carbocycles. The van der Waals surface area contributed by atoms with Gasteiger partial charge in [0.05, 0.1) is 25.3 Å². The number of nitrogens with one attached hydrogen (secondary N) is 1. The lowest BCUT2D eigenvalue weighted by Gasteiger charge is -2.18. The molecule has 0 aromatic heterocycles. The molecule has 182 valence electrons. The van der Waals surface area contributed by atoms with Crippen molar-refractivity contribution in [3.8, 4) is 5.75 Å². The lowest BCUT2D eigenvalue weighted by molar-refractivity contribution is -0.118. The Hall–Kier alpha value is -3.15. The third-order valence-corrected chi connectivity index (χ3v) is 7.16. The van der Waals surface area contributed by atoms with Gasteiger partial charge in [0.2, 0.25) is 10.0 Å². The summed E-state index contributed by atoms with van der Waals surface area (Å²) in [6, 6.07) is 8.04. The van der Waals surface area contributed by atoms with Gasteiger partial charge in [0.15, 0.2) is 6.61 Å². The van der Waals surface area contributed by atoms with Gasteiger partial charge in [-0.2, -0.15) is 4.31 Å². The summed E-state index contributed by atoms with van der Waals surface area (Å²) < 4.78 is 42.2. The first-order chi connectivity index (χ1) is 16.1. The minimum absolute atomic E-state index is 0.0231. The van der Waals surface area contributed by atoms with Gasteiger partial charge >= 0.3 is 11.9 Å². The monoisotopic (exact) mass is 510 g/mol. The van der Waals surface area contributed by atoms with Gasteiger partial charge in [-0.25, -0.2) is 18.0 Å². The highest BCUT2D eigenvalue weighted by Crippen LogP contribution is 2.31. The fourth-order valence-electron chi connectivity index (χ4n) is 3.38. The lowest BCUT2D eigenvalue weighted by Crippen LogP contribution is -2.29. The van der Waals surface area contributed by atoms with Gasteiger partial charge in [-0.15, -0.1) is 0 Å². The molecule has 12 heteroatoms. The van der Waals surface area contributed by atoms with Gasteiger partial charge in [-0.05, 0) is 49.2 Å². The van der Waals surface area contributed by atoms with Crippen molar-refractivity contribution in [3.05, 3.63) is 52.5 Å². The highest BCUT2D eigenvalue weighted by atomic mass is 35.5. The quantitative estimate of drug-likeness (QED) is 0.537. The number of amides is 1. The number of hydrogen-bond donors (Lipinski definition) is 1. The van der Waals surface area contributed by atoms with Crippen LogP contribution in [0.2, 0.25) is 5.02 Å². The van der Waals surface area contributed by atoms with Crippen molar-refractivity contribution in [2.24, 2.45) is 0 Å². The second kappa shape index (κ2) is 10.9. The number of sulfonamides is 1. The SMILES string of the molecule is COC(=O)c1cc(NC(=O)COc2ccc(Cl)cc2S(=O)(=O)N2CCCC2)cc(C(=O)OC)c1. The molecule has 0 unspecified atom stereocenters. The molecule has 34 heavy (non-hydrogen) atoms. The topological polar surface area (TPSA) is 128 Å². The zero-order valence-corrected chi connectivity index (χ0v) is 20.1. The summed E-state index contributed by atoms with van der Waals surface area (Å²) in [4.78, 5) is 36.2. The first-order valence-corrected chi connectivity index (χ1v) is 12.0. The number of rotatable bonds is 8. The molecule has 0 aliphatic carbocycles. The maximum absolute atomic E-state index is 13.0. The fraction of sp³-hybridized carbons (Fsp3) is 0.318. The Kier molecular flexibility index (Phi) is 8.13. The molecule has 1 amide bonds. The predicted molar refractivity (Wildman–Crippen MR) is 123 cm³/mol. The van der Waals surface area contributed by atoms with Gasteiger partial charge in [0.25, 0.3) is 5.91 Å². The summed E-state index contributed by atoms with van der Waals surface area (Å²) in [5.41, 5.74) is 0.176. The smallest absolute Gasteiger partial charge is 0.337 e. The number of esters is 2. The van der Waals surface area contributed by atoms with E-state index in [2.05, 4.69) is 14.8 Å². The van der Waals surface area contributed by atoms with Crippen molar-refractivity contribution in [3.63, 3.8) is 0 Å². The number of benzene rings is 2. The maximum Gasteiger partial charge on any atom is 0.337 e. The van der Waals surface area contributed by atoms with Crippen molar-refractivity contribution in [2.75, 3.05) is 39.2 Å². The van der Waals surface area contributed by atoms with Crippen LogP contribution in [0.1, 0.15) is 33.6 Å². The molecule has 3 rings (SSSR count). The number of anilines is 1. The number of halogens is 1. The van der Waals surface area contributed by atoms with Crippen LogP contribution in [0.5, 0.6) is 5.75 Å². The molecule has 1 aliphatic rings. The van der Waals surface area contributed by atoms with Crippen LogP contribution in [-0.2, 0) is 24.3 Å². The predicted octanol–water partition coefficient (Wildman–Crippen LogP) is 2.72. The van der Waals surface area contributed by atoms with Crippen LogP contribution < -0.4 is 10.1 Å².